The monoisotopic (exact) mass is 236 g/mol. The van der Waals surface area contributed by atoms with Crippen LogP contribution in [-0.2, 0) is 0 Å². The van der Waals surface area contributed by atoms with Crippen molar-refractivity contribution in [2.24, 2.45) is 0 Å². The Kier molecular flexibility index (Phi) is 2.88. The Labute approximate surface area is 98.1 Å². The number of hydrogen-bond acceptors (Lipinski definition) is 2. The quantitative estimate of drug-likeness (QED) is 0.757. The third-order valence-electron chi connectivity index (χ3n) is 2.18. The number of benzene rings is 1. The van der Waals surface area contributed by atoms with E-state index in [0.29, 0.717) is 5.82 Å². The summed E-state index contributed by atoms with van der Waals surface area (Å²) in [6, 6.07) is 6.40. The molecule has 2 rings (SSSR count). The molecule has 4 heteroatoms. The minimum absolute atomic E-state index is 0.103. The molecule has 0 spiro atoms. The molecular formula is C12H10ClFN2. The summed E-state index contributed by atoms with van der Waals surface area (Å²) < 4.78 is 13.0. The third-order valence-corrected chi connectivity index (χ3v) is 2.47. The van der Waals surface area contributed by atoms with E-state index in [0.717, 1.165) is 17.0 Å². The van der Waals surface area contributed by atoms with Gasteiger partial charge < -0.3 is 0 Å². The van der Waals surface area contributed by atoms with Crippen molar-refractivity contribution in [2.45, 2.75) is 13.8 Å². The second-order valence-electron chi connectivity index (χ2n) is 3.57. The number of nitrogens with zero attached hydrogens (tertiary/aromatic N) is 2. The van der Waals surface area contributed by atoms with Crippen LogP contribution in [0.2, 0.25) is 5.02 Å². The van der Waals surface area contributed by atoms with Crippen LogP contribution in [0.5, 0.6) is 0 Å². The van der Waals surface area contributed by atoms with Crippen LogP contribution in [0.1, 0.15) is 11.5 Å². The predicted octanol–water partition coefficient (Wildman–Crippen LogP) is 3.55. The molecule has 0 unspecified atom stereocenters. The minimum Gasteiger partial charge on any atom is -0.239 e. The maximum atomic E-state index is 13.0. The van der Waals surface area contributed by atoms with Crippen LogP contribution in [0.3, 0.4) is 0 Å². The van der Waals surface area contributed by atoms with Crippen molar-refractivity contribution in [3.8, 4) is 11.3 Å². The Balaban J connectivity index is 2.54. The van der Waals surface area contributed by atoms with Gasteiger partial charge in [0.1, 0.15) is 11.6 Å². The number of hydrogen-bond donors (Lipinski definition) is 0. The zero-order chi connectivity index (χ0) is 11.7. The van der Waals surface area contributed by atoms with Gasteiger partial charge in [0.25, 0.3) is 0 Å². The highest BCUT2D eigenvalue weighted by Crippen LogP contribution is 2.23. The molecule has 0 saturated carbocycles. The van der Waals surface area contributed by atoms with Crippen molar-refractivity contribution < 1.29 is 4.39 Å². The molecule has 0 aliphatic carbocycles. The van der Waals surface area contributed by atoms with E-state index in [4.69, 9.17) is 11.6 Å². The number of halogens is 2. The molecule has 0 saturated heterocycles. The summed E-state index contributed by atoms with van der Waals surface area (Å²) in [4.78, 5) is 8.46. The Morgan fingerprint density at radius 3 is 2.50 bits per heavy atom. The molecule has 0 bridgehead atoms. The lowest BCUT2D eigenvalue weighted by Gasteiger charge is -2.04. The van der Waals surface area contributed by atoms with Crippen LogP contribution in [0.25, 0.3) is 11.3 Å². The second-order valence-corrected chi connectivity index (χ2v) is 3.98. The molecule has 16 heavy (non-hydrogen) atoms. The lowest BCUT2D eigenvalue weighted by molar-refractivity contribution is 0.628. The molecule has 0 aliphatic heterocycles. The number of aryl methyl sites for hydroxylation is 2. The van der Waals surface area contributed by atoms with E-state index in [1.807, 2.05) is 19.9 Å². The van der Waals surface area contributed by atoms with Crippen LogP contribution in [0.4, 0.5) is 4.39 Å². The molecule has 82 valence electrons. The number of rotatable bonds is 1. The molecule has 0 aliphatic rings. The summed E-state index contributed by atoms with van der Waals surface area (Å²) in [5.41, 5.74) is 2.43. The average Bonchev–Trinajstić information content (AvgIpc) is 2.20. The maximum Gasteiger partial charge on any atom is 0.141 e. The summed E-state index contributed by atoms with van der Waals surface area (Å²) in [6.07, 6.45) is 0. The zero-order valence-electron chi connectivity index (χ0n) is 8.96. The molecule has 2 nitrogen and oxygen atoms in total. The maximum absolute atomic E-state index is 13.0. The standard InChI is InChI=1S/C12H10ClFN2/c1-7-5-12(16-8(2)15-7)9-3-4-11(14)10(13)6-9/h3-6H,1-2H3. The summed E-state index contributed by atoms with van der Waals surface area (Å²) >= 11 is 5.72. The van der Waals surface area contributed by atoms with Gasteiger partial charge in [-0.1, -0.05) is 11.6 Å². The average molecular weight is 237 g/mol. The predicted molar refractivity (Wildman–Crippen MR) is 61.9 cm³/mol. The molecule has 0 atom stereocenters. The SMILES string of the molecule is Cc1cc(-c2ccc(F)c(Cl)c2)nc(C)n1. The van der Waals surface area contributed by atoms with Crippen molar-refractivity contribution in [2.75, 3.05) is 0 Å². The van der Waals surface area contributed by atoms with Crippen molar-refractivity contribution in [3.63, 3.8) is 0 Å². The van der Waals surface area contributed by atoms with Gasteiger partial charge >= 0.3 is 0 Å². The van der Waals surface area contributed by atoms with Gasteiger partial charge in [-0.3, -0.25) is 0 Å². The molecule has 1 aromatic carbocycles. The fraction of sp³-hybridized carbons (Fsp3) is 0.167. The van der Waals surface area contributed by atoms with Crippen LogP contribution in [-0.4, -0.2) is 9.97 Å². The van der Waals surface area contributed by atoms with Gasteiger partial charge in [-0.25, -0.2) is 14.4 Å². The Morgan fingerprint density at radius 1 is 1.12 bits per heavy atom. The van der Waals surface area contributed by atoms with Gasteiger partial charge in [0, 0.05) is 11.3 Å². The molecule has 1 aromatic heterocycles. The van der Waals surface area contributed by atoms with Gasteiger partial charge in [-0.15, -0.1) is 0 Å². The van der Waals surface area contributed by atoms with Crippen molar-refractivity contribution in [1.82, 2.24) is 9.97 Å². The van der Waals surface area contributed by atoms with Gasteiger partial charge in [0.05, 0.1) is 10.7 Å². The number of aromatic nitrogens is 2. The van der Waals surface area contributed by atoms with E-state index in [-0.39, 0.29) is 5.02 Å². The Bertz CT molecular complexity index is 520. The zero-order valence-corrected chi connectivity index (χ0v) is 9.72. The molecule has 0 fully saturated rings. The second kappa shape index (κ2) is 4.18. The summed E-state index contributed by atoms with van der Waals surface area (Å²) in [5.74, 6) is 0.267. The minimum atomic E-state index is -0.423. The first-order chi connectivity index (χ1) is 7.56. The molecule has 1 heterocycles. The summed E-state index contributed by atoms with van der Waals surface area (Å²) in [7, 11) is 0. The van der Waals surface area contributed by atoms with Crippen LogP contribution in [0.15, 0.2) is 24.3 Å². The highest BCUT2D eigenvalue weighted by molar-refractivity contribution is 6.31. The normalized spacial score (nSPS) is 10.5. The van der Waals surface area contributed by atoms with Crippen LogP contribution in [0, 0.1) is 19.7 Å². The van der Waals surface area contributed by atoms with Crippen molar-refractivity contribution in [1.29, 1.82) is 0 Å². The molecule has 0 radical (unpaired) electrons. The third kappa shape index (κ3) is 2.19. The van der Waals surface area contributed by atoms with Crippen LogP contribution < -0.4 is 0 Å². The van der Waals surface area contributed by atoms with Crippen LogP contribution >= 0.6 is 11.6 Å². The van der Waals surface area contributed by atoms with E-state index in [1.165, 1.54) is 6.07 Å². The first-order valence-electron chi connectivity index (χ1n) is 4.84. The summed E-state index contributed by atoms with van der Waals surface area (Å²) in [6.45, 7) is 3.71. The lowest BCUT2D eigenvalue weighted by atomic mass is 10.1. The molecule has 2 aromatic rings. The topological polar surface area (TPSA) is 25.8 Å². The highest BCUT2D eigenvalue weighted by Gasteiger charge is 2.05. The fourth-order valence-corrected chi connectivity index (χ4v) is 1.70. The van der Waals surface area contributed by atoms with Gasteiger partial charge in [-0.2, -0.15) is 0 Å². The van der Waals surface area contributed by atoms with Gasteiger partial charge in [0.2, 0.25) is 0 Å². The highest BCUT2D eigenvalue weighted by atomic mass is 35.5. The molecule has 0 amide bonds. The largest absolute Gasteiger partial charge is 0.239 e. The van der Waals surface area contributed by atoms with E-state index in [9.17, 15) is 4.39 Å². The fourth-order valence-electron chi connectivity index (χ4n) is 1.52. The van der Waals surface area contributed by atoms with E-state index in [1.54, 1.807) is 12.1 Å². The molecular weight excluding hydrogens is 227 g/mol. The Hall–Kier alpha value is -1.48. The summed E-state index contributed by atoms with van der Waals surface area (Å²) in [5, 5.41) is 0.103. The first-order valence-corrected chi connectivity index (χ1v) is 5.22. The van der Waals surface area contributed by atoms with E-state index >= 15 is 0 Å². The van der Waals surface area contributed by atoms with Gasteiger partial charge in [0.15, 0.2) is 0 Å². The van der Waals surface area contributed by atoms with Crippen molar-refractivity contribution >= 4 is 11.6 Å². The van der Waals surface area contributed by atoms with Crippen molar-refractivity contribution in [3.05, 3.63) is 46.6 Å². The smallest absolute Gasteiger partial charge is 0.141 e. The van der Waals surface area contributed by atoms with Gasteiger partial charge in [-0.05, 0) is 38.1 Å². The van der Waals surface area contributed by atoms with E-state index in [2.05, 4.69) is 9.97 Å². The Morgan fingerprint density at radius 2 is 1.88 bits per heavy atom. The molecule has 0 N–H and O–H groups in total. The lowest BCUT2D eigenvalue weighted by Crippen LogP contribution is -1.94. The first kappa shape index (κ1) is 11.0. The van der Waals surface area contributed by atoms with E-state index < -0.39 is 5.82 Å².